The molecule has 1 saturated heterocycles. The van der Waals surface area contributed by atoms with Crippen LogP contribution in [0, 0.1) is 31.6 Å². The smallest absolute Gasteiger partial charge is 0.132 e. The predicted molar refractivity (Wildman–Crippen MR) is 89.2 cm³/mol. The summed E-state index contributed by atoms with van der Waals surface area (Å²) in [5.41, 5.74) is 3.30. The van der Waals surface area contributed by atoms with Gasteiger partial charge in [-0.2, -0.15) is 0 Å². The summed E-state index contributed by atoms with van der Waals surface area (Å²) in [6.45, 7) is 6.33. The van der Waals surface area contributed by atoms with Crippen molar-refractivity contribution in [3.05, 3.63) is 41.9 Å². The summed E-state index contributed by atoms with van der Waals surface area (Å²) in [4.78, 5) is 19.8. The maximum atomic E-state index is 4.46. The van der Waals surface area contributed by atoms with Crippen molar-refractivity contribution in [3.8, 4) is 0 Å². The number of aromatic nitrogens is 4. The molecule has 3 heterocycles. The van der Waals surface area contributed by atoms with Gasteiger partial charge in [-0.15, -0.1) is 0 Å². The van der Waals surface area contributed by atoms with Crippen molar-refractivity contribution in [2.75, 3.05) is 18.0 Å². The molecule has 2 aromatic heterocycles. The van der Waals surface area contributed by atoms with Crippen LogP contribution >= 0.6 is 0 Å². The lowest BCUT2D eigenvalue weighted by Gasteiger charge is -2.21. The summed E-state index contributed by atoms with van der Waals surface area (Å²) in [6.07, 6.45) is 7.12. The van der Waals surface area contributed by atoms with Crippen LogP contribution in [0.4, 0.5) is 5.82 Å². The molecule has 1 aliphatic carbocycles. The van der Waals surface area contributed by atoms with Crippen LogP contribution in [0.25, 0.3) is 0 Å². The summed E-state index contributed by atoms with van der Waals surface area (Å²) in [5.74, 6) is 3.39. The largest absolute Gasteiger partial charge is 0.356 e. The number of anilines is 1. The highest BCUT2D eigenvalue weighted by atomic mass is 15.2. The summed E-state index contributed by atoms with van der Waals surface area (Å²) in [6, 6.07) is 4.23. The molecule has 0 N–H and O–H groups in total. The van der Waals surface area contributed by atoms with Gasteiger partial charge in [0.2, 0.25) is 0 Å². The van der Waals surface area contributed by atoms with Crippen molar-refractivity contribution >= 4 is 5.82 Å². The molecule has 1 aliphatic heterocycles. The number of hydrogen-bond acceptors (Lipinski definition) is 5. The number of rotatable bonds is 3. The molecule has 0 aromatic carbocycles. The van der Waals surface area contributed by atoms with E-state index in [0.29, 0.717) is 0 Å². The van der Waals surface area contributed by atoms with Gasteiger partial charge in [-0.1, -0.05) is 0 Å². The zero-order valence-electron chi connectivity index (χ0n) is 13.8. The number of fused-ring (bicyclic) bond motifs is 1. The molecule has 5 heteroatoms. The Hall–Kier alpha value is -2.04. The third kappa shape index (κ3) is 2.92. The lowest BCUT2D eigenvalue weighted by atomic mass is 9.89. The van der Waals surface area contributed by atoms with Crippen molar-refractivity contribution in [2.45, 2.75) is 33.1 Å². The Morgan fingerprint density at radius 1 is 0.957 bits per heavy atom. The van der Waals surface area contributed by atoms with Crippen LogP contribution in [0.5, 0.6) is 0 Å². The average Bonchev–Trinajstić information content (AvgIpc) is 3.09. The van der Waals surface area contributed by atoms with Crippen LogP contribution in [0.1, 0.15) is 29.9 Å². The second-order valence-electron chi connectivity index (χ2n) is 7.04. The van der Waals surface area contributed by atoms with Gasteiger partial charge >= 0.3 is 0 Å². The first-order chi connectivity index (χ1) is 11.2. The van der Waals surface area contributed by atoms with Gasteiger partial charge in [0, 0.05) is 36.2 Å². The van der Waals surface area contributed by atoms with Crippen molar-refractivity contribution in [1.82, 2.24) is 19.9 Å². The van der Waals surface area contributed by atoms with Crippen LogP contribution in [0.15, 0.2) is 24.8 Å². The quantitative estimate of drug-likeness (QED) is 0.872. The average molecular weight is 309 g/mol. The molecule has 4 rings (SSSR count). The topological polar surface area (TPSA) is 54.8 Å². The first-order valence-electron chi connectivity index (χ1n) is 8.50. The molecule has 2 aromatic rings. The van der Waals surface area contributed by atoms with Gasteiger partial charge in [0.1, 0.15) is 18.5 Å². The monoisotopic (exact) mass is 309 g/mol. The summed E-state index contributed by atoms with van der Waals surface area (Å²) < 4.78 is 0. The lowest BCUT2D eigenvalue weighted by Crippen LogP contribution is -2.24. The van der Waals surface area contributed by atoms with E-state index >= 15 is 0 Å². The van der Waals surface area contributed by atoms with E-state index in [2.05, 4.69) is 37.0 Å². The summed E-state index contributed by atoms with van der Waals surface area (Å²) in [7, 11) is 0. The molecule has 1 saturated carbocycles. The Kier molecular flexibility index (Phi) is 3.71. The first kappa shape index (κ1) is 14.5. The highest BCUT2D eigenvalue weighted by Crippen LogP contribution is 2.44. The normalized spacial score (nSPS) is 26.5. The van der Waals surface area contributed by atoms with E-state index in [1.54, 1.807) is 12.7 Å². The molecule has 23 heavy (non-hydrogen) atoms. The second-order valence-corrected chi connectivity index (χ2v) is 7.04. The van der Waals surface area contributed by atoms with Crippen molar-refractivity contribution in [1.29, 1.82) is 0 Å². The molecular formula is C18H23N5. The highest BCUT2D eigenvalue weighted by Gasteiger charge is 2.42. The Bertz CT molecular complexity index is 701. The van der Waals surface area contributed by atoms with E-state index in [0.717, 1.165) is 54.5 Å². The van der Waals surface area contributed by atoms with E-state index in [1.165, 1.54) is 18.5 Å². The minimum atomic E-state index is 0.738. The Morgan fingerprint density at radius 2 is 1.74 bits per heavy atom. The Labute approximate surface area is 137 Å². The van der Waals surface area contributed by atoms with Gasteiger partial charge in [-0.25, -0.2) is 19.9 Å². The molecule has 0 bridgehead atoms. The molecular weight excluding hydrogens is 286 g/mol. The van der Waals surface area contributed by atoms with Gasteiger partial charge in [-0.05, 0) is 56.9 Å². The second kappa shape index (κ2) is 5.87. The number of nitrogens with zero attached hydrogens (tertiary/aromatic N) is 5. The Morgan fingerprint density at radius 3 is 2.52 bits per heavy atom. The fraction of sp³-hybridized carbons (Fsp3) is 0.556. The standard InChI is InChI=1S/C18H23N5/c1-12-5-16(21-10-19-12)7-14-3-4-15-8-23(9-17(14)15)18-6-13(2)20-11-22-18/h5-6,10-11,14-15,17H,3-4,7-9H2,1-2H3/t14-,15-,17-/m1/s1. The molecule has 0 amide bonds. The third-order valence-corrected chi connectivity index (χ3v) is 5.45. The van der Waals surface area contributed by atoms with E-state index in [-0.39, 0.29) is 0 Å². The van der Waals surface area contributed by atoms with Gasteiger partial charge in [0.25, 0.3) is 0 Å². The zero-order chi connectivity index (χ0) is 15.8. The van der Waals surface area contributed by atoms with Crippen LogP contribution in [-0.2, 0) is 6.42 Å². The zero-order valence-corrected chi connectivity index (χ0v) is 13.8. The summed E-state index contributed by atoms with van der Waals surface area (Å²) >= 11 is 0. The molecule has 0 radical (unpaired) electrons. The maximum Gasteiger partial charge on any atom is 0.132 e. The number of hydrogen-bond donors (Lipinski definition) is 0. The van der Waals surface area contributed by atoms with Crippen LogP contribution in [-0.4, -0.2) is 33.0 Å². The fourth-order valence-electron chi connectivity index (χ4n) is 4.32. The van der Waals surface area contributed by atoms with Crippen molar-refractivity contribution in [2.24, 2.45) is 17.8 Å². The minimum Gasteiger partial charge on any atom is -0.356 e. The van der Waals surface area contributed by atoms with E-state index < -0.39 is 0 Å². The molecule has 0 unspecified atom stereocenters. The van der Waals surface area contributed by atoms with Gasteiger partial charge in [-0.3, -0.25) is 0 Å². The molecule has 0 spiro atoms. The van der Waals surface area contributed by atoms with Gasteiger partial charge in [0.15, 0.2) is 0 Å². The lowest BCUT2D eigenvalue weighted by molar-refractivity contribution is 0.373. The van der Waals surface area contributed by atoms with Crippen LogP contribution < -0.4 is 4.90 Å². The Balaban J connectivity index is 1.47. The predicted octanol–water partition coefficient (Wildman–Crippen LogP) is 2.59. The SMILES string of the molecule is Cc1cc(C[C@H]2CC[C@@H]3CN(c4cc(C)ncn4)C[C@H]23)ncn1. The summed E-state index contributed by atoms with van der Waals surface area (Å²) in [5, 5.41) is 0. The molecule has 120 valence electrons. The van der Waals surface area contributed by atoms with Crippen LogP contribution in [0.3, 0.4) is 0 Å². The van der Waals surface area contributed by atoms with Gasteiger partial charge in [0.05, 0.1) is 0 Å². The van der Waals surface area contributed by atoms with Crippen molar-refractivity contribution in [3.63, 3.8) is 0 Å². The molecule has 2 aliphatic rings. The van der Waals surface area contributed by atoms with E-state index in [9.17, 15) is 0 Å². The first-order valence-corrected chi connectivity index (χ1v) is 8.50. The van der Waals surface area contributed by atoms with E-state index in [4.69, 9.17) is 0 Å². The van der Waals surface area contributed by atoms with Gasteiger partial charge < -0.3 is 4.90 Å². The van der Waals surface area contributed by atoms with E-state index in [1.807, 2.05) is 13.8 Å². The highest BCUT2D eigenvalue weighted by molar-refractivity contribution is 5.40. The van der Waals surface area contributed by atoms with Crippen molar-refractivity contribution < 1.29 is 0 Å². The minimum absolute atomic E-state index is 0.738. The van der Waals surface area contributed by atoms with Crippen LogP contribution in [0.2, 0.25) is 0 Å². The third-order valence-electron chi connectivity index (χ3n) is 5.45. The molecule has 3 atom stereocenters. The number of aryl methyl sites for hydroxylation is 2. The molecule has 5 nitrogen and oxygen atoms in total. The maximum absolute atomic E-state index is 4.46. The fourth-order valence-corrected chi connectivity index (χ4v) is 4.32. The molecule has 2 fully saturated rings.